The van der Waals surface area contributed by atoms with Crippen LogP contribution in [0.4, 0.5) is 5.69 Å². The van der Waals surface area contributed by atoms with Crippen LogP contribution in [0.5, 0.6) is 0 Å². The minimum atomic E-state index is -0.0904. The highest BCUT2D eigenvalue weighted by molar-refractivity contribution is 5.28. The molecule has 0 bridgehead atoms. The maximum absolute atomic E-state index is 11.5. The first kappa shape index (κ1) is 8.97. The van der Waals surface area contributed by atoms with Crippen molar-refractivity contribution in [3.8, 4) is 0 Å². The van der Waals surface area contributed by atoms with Crippen molar-refractivity contribution >= 4 is 5.69 Å². The molecule has 1 rings (SSSR count). The van der Waals surface area contributed by atoms with E-state index in [9.17, 15) is 5.21 Å². The number of para-hydroxylation sites is 1. The Kier molecular flexibility index (Phi) is 3.02. The molecule has 0 saturated heterocycles. The molecule has 1 aromatic rings. The molecule has 2 heteroatoms. The van der Waals surface area contributed by atoms with Crippen molar-refractivity contribution in [2.45, 2.75) is 13.0 Å². The van der Waals surface area contributed by atoms with Gasteiger partial charge in [-0.3, -0.25) is 0 Å². The van der Waals surface area contributed by atoms with Gasteiger partial charge in [-0.05, 0) is 25.1 Å². The Morgan fingerprint density at radius 2 is 2.00 bits per heavy atom. The van der Waals surface area contributed by atoms with Crippen molar-refractivity contribution in [2.24, 2.45) is 0 Å². The molecule has 0 aromatic heterocycles. The topological polar surface area (TPSA) is 27.5 Å². The monoisotopic (exact) mass is 163 g/mol. The first-order valence-corrected chi connectivity index (χ1v) is 3.97. The summed E-state index contributed by atoms with van der Waals surface area (Å²) in [7, 11) is 0. The molecule has 1 N–H and O–H groups in total. The zero-order valence-electron chi connectivity index (χ0n) is 7.16. The van der Waals surface area contributed by atoms with E-state index in [-0.39, 0.29) is 11.1 Å². The maximum Gasteiger partial charge on any atom is 0.131 e. The third-order valence-corrected chi connectivity index (χ3v) is 1.83. The van der Waals surface area contributed by atoms with Crippen molar-refractivity contribution in [1.29, 1.82) is 0 Å². The first-order valence-electron chi connectivity index (χ1n) is 3.97. The van der Waals surface area contributed by atoms with Gasteiger partial charge in [-0.1, -0.05) is 24.8 Å². The quantitative estimate of drug-likeness (QED) is 0.527. The number of nitrogens with one attached hydrogen (secondary N) is 1. The van der Waals surface area contributed by atoms with Crippen LogP contribution in [0.25, 0.3) is 0 Å². The zero-order chi connectivity index (χ0) is 8.97. The van der Waals surface area contributed by atoms with Crippen molar-refractivity contribution < 1.29 is 5.06 Å². The second-order valence-electron chi connectivity index (χ2n) is 2.75. The van der Waals surface area contributed by atoms with Gasteiger partial charge in [0, 0.05) is 0 Å². The van der Waals surface area contributed by atoms with Crippen molar-refractivity contribution in [3.05, 3.63) is 48.2 Å². The minimum Gasteiger partial charge on any atom is -0.628 e. The van der Waals surface area contributed by atoms with Gasteiger partial charge in [0.15, 0.2) is 0 Å². The van der Waals surface area contributed by atoms with Gasteiger partial charge in [-0.15, -0.1) is 0 Å². The molecule has 64 valence electrons. The second-order valence-corrected chi connectivity index (χ2v) is 2.75. The fourth-order valence-corrected chi connectivity index (χ4v) is 0.972. The number of hydroxylamine groups is 1. The SMILES string of the molecule is C=CC(C)[NH+]([O-])c1ccccc1. The summed E-state index contributed by atoms with van der Waals surface area (Å²) in [5, 5.41) is 11.6. The van der Waals surface area contributed by atoms with Crippen LogP contribution in [-0.2, 0) is 0 Å². The van der Waals surface area contributed by atoms with Gasteiger partial charge in [-0.25, -0.2) is 0 Å². The average Bonchev–Trinajstić information content (AvgIpc) is 2.17. The molecule has 2 atom stereocenters. The van der Waals surface area contributed by atoms with E-state index in [2.05, 4.69) is 6.58 Å². The number of hydrogen-bond donors (Lipinski definition) is 1. The summed E-state index contributed by atoms with van der Waals surface area (Å²) in [5.41, 5.74) is 0.755. The highest BCUT2D eigenvalue weighted by Crippen LogP contribution is 1.99. The Morgan fingerprint density at radius 1 is 1.42 bits per heavy atom. The predicted molar refractivity (Wildman–Crippen MR) is 50.1 cm³/mol. The number of quaternary nitrogens is 1. The van der Waals surface area contributed by atoms with Crippen LogP contribution in [0.1, 0.15) is 6.92 Å². The zero-order valence-corrected chi connectivity index (χ0v) is 7.16. The molecule has 0 saturated carbocycles. The smallest absolute Gasteiger partial charge is 0.131 e. The second kappa shape index (κ2) is 4.04. The number of rotatable bonds is 3. The molecule has 0 amide bonds. The van der Waals surface area contributed by atoms with E-state index in [1.807, 2.05) is 37.3 Å². The Labute approximate surface area is 72.7 Å². The molecule has 0 spiro atoms. The summed E-state index contributed by atoms with van der Waals surface area (Å²) in [4.78, 5) is 0. The molecule has 1 aromatic carbocycles. The molecular weight excluding hydrogens is 150 g/mol. The minimum absolute atomic E-state index is 0.0904. The third-order valence-electron chi connectivity index (χ3n) is 1.83. The molecule has 2 nitrogen and oxygen atoms in total. The Bertz CT molecular complexity index is 245. The van der Waals surface area contributed by atoms with Crippen LogP contribution < -0.4 is 5.06 Å². The van der Waals surface area contributed by atoms with E-state index in [1.54, 1.807) is 6.08 Å². The van der Waals surface area contributed by atoms with Gasteiger partial charge >= 0.3 is 0 Å². The lowest BCUT2D eigenvalue weighted by atomic mass is 10.2. The number of hydrogen-bond acceptors (Lipinski definition) is 1. The van der Waals surface area contributed by atoms with E-state index in [0.29, 0.717) is 0 Å². The molecule has 0 radical (unpaired) electrons. The lowest BCUT2D eigenvalue weighted by Gasteiger charge is -2.26. The van der Waals surface area contributed by atoms with Crippen LogP contribution in [0.2, 0.25) is 0 Å². The van der Waals surface area contributed by atoms with Crippen LogP contribution in [0.3, 0.4) is 0 Å². The van der Waals surface area contributed by atoms with Crippen LogP contribution in [0.15, 0.2) is 43.0 Å². The molecule has 0 aliphatic rings. The van der Waals surface area contributed by atoms with Crippen LogP contribution >= 0.6 is 0 Å². The molecule has 12 heavy (non-hydrogen) atoms. The third kappa shape index (κ3) is 1.94. The highest BCUT2D eigenvalue weighted by atomic mass is 16.5. The Balaban J connectivity index is 2.78. The predicted octanol–water partition coefficient (Wildman–Crippen LogP) is 1.28. The Morgan fingerprint density at radius 3 is 2.50 bits per heavy atom. The molecule has 0 aliphatic heterocycles. The molecule has 0 heterocycles. The Hall–Kier alpha value is -1.12. The first-order chi connectivity index (χ1) is 5.75. The van der Waals surface area contributed by atoms with Crippen molar-refractivity contribution in [2.75, 3.05) is 0 Å². The molecule has 0 aliphatic carbocycles. The van der Waals surface area contributed by atoms with Gasteiger partial charge < -0.3 is 10.3 Å². The standard InChI is InChI=1S/C10H13NO/c1-3-9(2)11(12)10-7-5-4-6-8-10/h3-9,11H,1H2,2H3. The van der Waals surface area contributed by atoms with Crippen molar-refractivity contribution in [1.82, 2.24) is 0 Å². The summed E-state index contributed by atoms with van der Waals surface area (Å²) >= 11 is 0. The number of benzene rings is 1. The summed E-state index contributed by atoms with van der Waals surface area (Å²) in [6.07, 6.45) is 1.66. The van der Waals surface area contributed by atoms with Gasteiger partial charge in [-0.2, -0.15) is 0 Å². The summed E-state index contributed by atoms with van der Waals surface area (Å²) in [5.74, 6) is 0. The largest absolute Gasteiger partial charge is 0.628 e. The normalized spacial score (nSPS) is 15.2. The van der Waals surface area contributed by atoms with Crippen LogP contribution in [-0.4, -0.2) is 6.04 Å². The fourth-order valence-electron chi connectivity index (χ4n) is 0.972. The van der Waals surface area contributed by atoms with Crippen molar-refractivity contribution in [3.63, 3.8) is 0 Å². The summed E-state index contributed by atoms with van der Waals surface area (Å²) < 4.78 is 0. The molecule has 2 unspecified atom stereocenters. The highest BCUT2D eigenvalue weighted by Gasteiger charge is 2.06. The fraction of sp³-hybridized carbons (Fsp3) is 0.200. The van der Waals surface area contributed by atoms with E-state index in [0.717, 1.165) is 5.69 Å². The maximum atomic E-state index is 11.5. The van der Waals surface area contributed by atoms with E-state index < -0.39 is 0 Å². The van der Waals surface area contributed by atoms with Crippen LogP contribution in [0, 0.1) is 5.21 Å². The lowest BCUT2D eigenvalue weighted by molar-refractivity contribution is -0.795. The van der Waals surface area contributed by atoms with Gasteiger partial charge in [0.1, 0.15) is 11.7 Å². The molecular formula is C10H13NO. The molecule has 0 fully saturated rings. The lowest BCUT2D eigenvalue weighted by Crippen LogP contribution is -3.05. The summed E-state index contributed by atoms with van der Waals surface area (Å²) in [6.45, 7) is 5.44. The van der Waals surface area contributed by atoms with Gasteiger partial charge in [0.05, 0.1) is 0 Å². The van der Waals surface area contributed by atoms with E-state index in [4.69, 9.17) is 0 Å². The van der Waals surface area contributed by atoms with E-state index in [1.165, 1.54) is 0 Å². The van der Waals surface area contributed by atoms with E-state index >= 15 is 0 Å². The average molecular weight is 163 g/mol. The summed E-state index contributed by atoms with van der Waals surface area (Å²) in [6, 6.07) is 9.18. The van der Waals surface area contributed by atoms with Gasteiger partial charge in [0.2, 0.25) is 0 Å². The van der Waals surface area contributed by atoms with Gasteiger partial charge in [0.25, 0.3) is 0 Å².